The van der Waals surface area contributed by atoms with E-state index >= 15 is 0 Å². The van der Waals surface area contributed by atoms with Gasteiger partial charge in [0.1, 0.15) is 5.82 Å². The largest absolute Gasteiger partial charge is 0.395 e. The zero-order valence-corrected chi connectivity index (χ0v) is 8.62. The number of aliphatic hydroxyl groups excluding tert-OH is 1. The summed E-state index contributed by atoms with van der Waals surface area (Å²) < 4.78 is 13.0. The third-order valence-corrected chi connectivity index (χ3v) is 3.06. The normalized spacial score (nSPS) is 26.5. The molecule has 0 saturated carbocycles. The number of benzene rings is 1. The van der Waals surface area contributed by atoms with E-state index in [-0.39, 0.29) is 18.5 Å². The molecule has 2 unspecified atom stereocenters. The third kappa shape index (κ3) is 2.55. The number of halogens is 1. The smallest absolute Gasteiger partial charge is 0.123 e. The minimum absolute atomic E-state index is 0.170. The van der Waals surface area contributed by atoms with Gasteiger partial charge in [0.25, 0.3) is 0 Å². The first kappa shape index (κ1) is 10.6. The van der Waals surface area contributed by atoms with E-state index in [1.54, 1.807) is 12.1 Å². The van der Waals surface area contributed by atoms with Crippen LogP contribution in [0.5, 0.6) is 0 Å². The molecule has 1 aromatic carbocycles. The van der Waals surface area contributed by atoms with Crippen molar-refractivity contribution in [1.29, 1.82) is 0 Å². The van der Waals surface area contributed by atoms with Crippen LogP contribution in [0.15, 0.2) is 24.3 Å². The van der Waals surface area contributed by atoms with E-state index < -0.39 is 0 Å². The molecule has 1 heterocycles. The third-order valence-electron chi connectivity index (χ3n) is 3.06. The van der Waals surface area contributed by atoms with Gasteiger partial charge in [-0.05, 0) is 36.5 Å². The summed E-state index contributed by atoms with van der Waals surface area (Å²) in [4.78, 5) is 0. The van der Waals surface area contributed by atoms with Crippen LogP contribution in [-0.4, -0.2) is 24.3 Å². The molecular weight excluding hydrogens is 193 g/mol. The molecule has 1 saturated heterocycles. The molecule has 3 heteroatoms. The van der Waals surface area contributed by atoms with Gasteiger partial charge in [0.2, 0.25) is 0 Å². The number of aliphatic hydroxyl groups is 1. The van der Waals surface area contributed by atoms with Crippen LogP contribution in [-0.2, 0) is 0 Å². The number of hydrogen-bond acceptors (Lipinski definition) is 2. The Morgan fingerprint density at radius 2 is 2.27 bits per heavy atom. The van der Waals surface area contributed by atoms with Crippen LogP contribution in [0, 0.1) is 5.82 Å². The van der Waals surface area contributed by atoms with Crippen LogP contribution < -0.4 is 5.32 Å². The van der Waals surface area contributed by atoms with Gasteiger partial charge in [0.05, 0.1) is 6.61 Å². The Morgan fingerprint density at radius 3 is 2.87 bits per heavy atom. The summed E-state index contributed by atoms with van der Waals surface area (Å²) in [6, 6.07) is 7.01. The number of hydrogen-bond donors (Lipinski definition) is 2. The maximum atomic E-state index is 13.0. The summed E-state index contributed by atoms with van der Waals surface area (Å²) in [6.07, 6.45) is 1.97. The Hall–Kier alpha value is -0.930. The second kappa shape index (κ2) is 4.73. The number of rotatable bonds is 2. The van der Waals surface area contributed by atoms with Crippen molar-refractivity contribution in [3.8, 4) is 0 Å². The van der Waals surface area contributed by atoms with Gasteiger partial charge >= 0.3 is 0 Å². The molecule has 2 N–H and O–H groups in total. The average molecular weight is 209 g/mol. The Labute approximate surface area is 89.1 Å². The molecule has 2 nitrogen and oxygen atoms in total. The second-order valence-corrected chi connectivity index (χ2v) is 4.12. The van der Waals surface area contributed by atoms with Crippen LogP contribution in [0.4, 0.5) is 4.39 Å². The van der Waals surface area contributed by atoms with E-state index in [4.69, 9.17) is 5.11 Å². The SMILES string of the molecule is OCC1CCC(c2cccc(F)c2)CN1. The van der Waals surface area contributed by atoms with Gasteiger partial charge in [0, 0.05) is 12.6 Å². The van der Waals surface area contributed by atoms with E-state index in [1.807, 2.05) is 6.07 Å². The fraction of sp³-hybridized carbons (Fsp3) is 0.500. The minimum atomic E-state index is -0.170. The molecule has 0 amide bonds. The first-order valence-electron chi connectivity index (χ1n) is 5.39. The lowest BCUT2D eigenvalue weighted by molar-refractivity contribution is 0.212. The highest BCUT2D eigenvalue weighted by Gasteiger charge is 2.21. The molecule has 0 aliphatic carbocycles. The molecule has 1 aliphatic heterocycles. The van der Waals surface area contributed by atoms with Gasteiger partial charge in [-0.3, -0.25) is 0 Å². The van der Waals surface area contributed by atoms with Crippen LogP contribution in [0.25, 0.3) is 0 Å². The number of nitrogens with one attached hydrogen (secondary N) is 1. The van der Waals surface area contributed by atoms with Crippen molar-refractivity contribution in [2.24, 2.45) is 0 Å². The van der Waals surface area contributed by atoms with E-state index in [2.05, 4.69) is 5.32 Å². The van der Waals surface area contributed by atoms with Gasteiger partial charge in [-0.25, -0.2) is 4.39 Å². The molecule has 0 bridgehead atoms. The summed E-state index contributed by atoms with van der Waals surface area (Å²) in [5.74, 6) is 0.209. The van der Waals surface area contributed by atoms with Gasteiger partial charge in [-0.2, -0.15) is 0 Å². The van der Waals surface area contributed by atoms with Gasteiger partial charge in [-0.1, -0.05) is 12.1 Å². The summed E-state index contributed by atoms with van der Waals surface area (Å²) in [5, 5.41) is 12.2. The van der Waals surface area contributed by atoms with Crippen molar-refractivity contribution in [2.75, 3.05) is 13.2 Å². The van der Waals surface area contributed by atoms with Gasteiger partial charge in [-0.15, -0.1) is 0 Å². The monoisotopic (exact) mass is 209 g/mol. The highest BCUT2D eigenvalue weighted by Crippen LogP contribution is 2.25. The van der Waals surface area contributed by atoms with Crippen molar-refractivity contribution in [1.82, 2.24) is 5.32 Å². The number of piperidine rings is 1. The Balaban J connectivity index is 2.01. The van der Waals surface area contributed by atoms with Crippen LogP contribution in [0.3, 0.4) is 0 Å². The Kier molecular flexibility index (Phi) is 3.34. The zero-order valence-electron chi connectivity index (χ0n) is 8.62. The van der Waals surface area contributed by atoms with E-state index in [0.29, 0.717) is 5.92 Å². The lowest BCUT2D eigenvalue weighted by Crippen LogP contribution is -2.40. The predicted octanol–water partition coefficient (Wildman–Crippen LogP) is 1.65. The standard InChI is InChI=1S/C12H16FNO/c13-11-3-1-2-9(6-11)10-4-5-12(8-15)14-7-10/h1-3,6,10,12,14-15H,4-5,7-8H2. The van der Waals surface area contributed by atoms with Gasteiger partial charge in [0.15, 0.2) is 0 Å². The lowest BCUT2D eigenvalue weighted by Gasteiger charge is -2.29. The van der Waals surface area contributed by atoms with Gasteiger partial charge < -0.3 is 10.4 Å². The van der Waals surface area contributed by atoms with Crippen LogP contribution in [0.1, 0.15) is 24.3 Å². The van der Waals surface area contributed by atoms with Crippen LogP contribution >= 0.6 is 0 Å². The molecule has 2 rings (SSSR count). The maximum Gasteiger partial charge on any atom is 0.123 e. The molecule has 2 atom stereocenters. The molecule has 0 radical (unpaired) electrons. The molecule has 15 heavy (non-hydrogen) atoms. The molecular formula is C12H16FNO. The molecule has 1 aromatic rings. The predicted molar refractivity (Wildman–Crippen MR) is 57.3 cm³/mol. The molecule has 1 aliphatic rings. The summed E-state index contributed by atoms with van der Waals surface area (Å²) in [5.41, 5.74) is 1.05. The summed E-state index contributed by atoms with van der Waals surface area (Å²) >= 11 is 0. The molecule has 1 fully saturated rings. The fourth-order valence-corrected chi connectivity index (χ4v) is 2.12. The van der Waals surface area contributed by atoms with E-state index in [1.165, 1.54) is 6.07 Å². The highest BCUT2D eigenvalue weighted by atomic mass is 19.1. The summed E-state index contributed by atoms with van der Waals surface area (Å²) in [6.45, 7) is 1.02. The summed E-state index contributed by atoms with van der Waals surface area (Å²) in [7, 11) is 0. The average Bonchev–Trinajstić information content (AvgIpc) is 2.29. The van der Waals surface area contributed by atoms with Crippen molar-refractivity contribution >= 4 is 0 Å². The van der Waals surface area contributed by atoms with Crippen molar-refractivity contribution < 1.29 is 9.50 Å². The zero-order chi connectivity index (χ0) is 10.7. The lowest BCUT2D eigenvalue weighted by atomic mass is 9.89. The Bertz CT molecular complexity index is 321. The highest BCUT2D eigenvalue weighted by molar-refractivity contribution is 5.21. The van der Waals surface area contributed by atoms with Crippen molar-refractivity contribution in [3.05, 3.63) is 35.6 Å². The molecule has 0 spiro atoms. The molecule has 0 aromatic heterocycles. The first-order valence-corrected chi connectivity index (χ1v) is 5.39. The van der Waals surface area contributed by atoms with Crippen LogP contribution in [0.2, 0.25) is 0 Å². The second-order valence-electron chi connectivity index (χ2n) is 4.12. The van der Waals surface area contributed by atoms with E-state index in [0.717, 1.165) is 24.9 Å². The van der Waals surface area contributed by atoms with E-state index in [9.17, 15) is 4.39 Å². The minimum Gasteiger partial charge on any atom is -0.395 e. The van der Waals surface area contributed by atoms with Crippen molar-refractivity contribution in [3.63, 3.8) is 0 Å². The first-order chi connectivity index (χ1) is 7.29. The Morgan fingerprint density at radius 1 is 1.40 bits per heavy atom. The quantitative estimate of drug-likeness (QED) is 0.776. The molecule has 82 valence electrons. The fourth-order valence-electron chi connectivity index (χ4n) is 2.12. The van der Waals surface area contributed by atoms with Crippen molar-refractivity contribution in [2.45, 2.75) is 24.8 Å². The maximum absolute atomic E-state index is 13.0. The topological polar surface area (TPSA) is 32.3 Å².